The molecule has 0 spiro atoms. The molecule has 8 heteroatoms. The van der Waals surface area contributed by atoms with E-state index in [2.05, 4.69) is 26.8 Å². The highest BCUT2D eigenvalue weighted by molar-refractivity contribution is 5.81. The van der Waals surface area contributed by atoms with E-state index in [1.165, 1.54) is 6.07 Å². The van der Waals surface area contributed by atoms with E-state index >= 15 is 0 Å². The summed E-state index contributed by atoms with van der Waals surface area (Å²) < 4.78 is 0. The van der Waals surface area contributed by atoms with Gasteiger partial charge in [0.1, 0.15) is 5.82 Å². The van der Waals surface area contributed by atoms with Gasteiger partial charge in [0, 0.05) is 50.4 Å². The number of nitrogens with one attached hydrogen (secondary N) is 1. The van der Waals surface area contributed by atoms with Gasteiger partial charge in [-0.05, 0) is 37.2 Å². The smallest absolute Gasteiger partial charge is 0.269 e. The fourth-order valence-corrected chi connectivity index (χ4v) is 3.64. The van der Waals surface area contributed by atoms with Crippen molar-refractivity contribution in [3.05, 3.63) is 74.3 Å². The summed E-state index contributed by atoms with van der Waals surface area (Å²) in [4.78, 5) is 35.1. The molecular formula is C21H23N5O3. The van der Waals surface area contributed by atoms with Gasteiger partial charge >= 0.3 is 0 Å². The average molecular weight is 393 g/mol. The van der Waals surface area contributed by atoms with Crippen LogP contribution in [0.1, 0.15) is 11.4 Å². The van der Waals surface area contributed by atoms with Crippen molar-refractivity contribution in [1.29, 1.82) is 0 Å². The maximum Gasteiger partial charge on any atom is 0.269 e. The zero-order chi connectivity index (χ0) is 20.4. The van der Waals surface area contributed by atoms with Crippen molar-refractivity contribution in [2.45, 2.75) is 12.8 Å². The van der Waals surface area contributed by atoms with E-state index in [4.69, 9.17) is 0 Å². The van der Waals surface area contributed by atoms with Gasteiger partial charge in [-0.25, -0.2) is 4.98 Å². The van der Waals surface area contributed by atoms with Gasteiger partial charge in [-0.3, -0.25) is 14.9 Å². The number of anilines is 1. The third-order valence-corrected chi connectivity index (χ3v) is 5.38. The first-order valence-corrected chi connectivity index (χ1v) is 9.69. The van der Waals surface area contributed by atoms with Crippen molar-refractivity contribution in [3.8, 4) is 0 Å². The summed E-state index contributed by atoms with van der Waals surface area (Å²) in [6.45, 7) is 3.92. The van der Waals surface area contributed by atoms with E-state index in [9.17, 15) is 14.9 Å². The summed E-state index contributed by atoms with van der Waals surface area (Å²) in [6.07, 6.45) is 1.07. The minimum Gasteiger partial charge on any atom is -0.369 e. The molecule has 8 nitrogen and oxygen atoms in total. The van der Waals surface area contributed by atoms with Crippen LogP contribution in [-0.2, 0) is 12.8 Å². The minimum absolute atomic E-state index is 0.0688. The number of hydrogen-bond donors (Lipinski definition) is 1. The second kappa shape index (κ2) is 8.00. The molecule has 1 fully saturated rings. The average Bonchev–Trinajstić information content (AvgIpc) is 2.72. The Hall–Kier alpha value is -3.26. The van der Waals surface area contributed by atoms with Gasteiger partial charge in [0.15, 0.2) is 0 Å². The summed E-state index contributed by atoms with van der Waals surface area (Å²) in [5.41, 5.74) is 2.51. The molecule has 4 rings (SSSR count). The molecule has 0 bridgehead atoms. The fourth-order valence-electron chi connectivity index (χ4n) is 3.64. The second-order valence-electron chi connectivity index (χ2n) is 7.43. The quantitative estimate of drug-likeness (QED) is 0.528. The number of non-ortho nitro benzene ring substituents is 1. The van der Waals surface area contributed by atoms with E-state index in [-0.39, 0.29) is 11.2 Å². The van der Waals surface area contributed by atoms with Crippen LogP contribution in [-0.4, -0.2) is 53.0 Å². The molecule has 3 aromatic rings. The molecule has 1 N–H and O–H groups in total. The predicted molar refractivity (Wildman–Crippen MR) is 113 cm³/mol. The molecule has 0 saturated carbocycles. The van der Waals surface area contributed by atoms with Gasteiger partial charge in [0.2, 0.25) is 0 Å². The van der Waals surface area contributed by atoms with Crippen LogP contribution >= 0.6 is 0 Å². The van der Waals surface area contributed by atoms with Gasteiger partial charge in [-0.1, -0.05) is 12.1 Å². The Kier molecular flexibility index (Phi) is 5.26. The predicted octanol–water partition coefficient (Wildman–Crippen LogP) is 2.37. The molecule has 0 amide bonds. The number of nitrogens with zero attached hydrogens (tertiary/aromatic N) is 4. The molecule has 29 heavy (non-hydrogen) atoms. The molecule has 1 aromatic heterocycles. The number of nitro benzene ring substituents is 1. The van der Waals surface area contributed by atoms with Crippen molar-refractivity contribution in [3.63, 3.8) is 0 Å². The molecule has 0 unspecified atom stereocenters. The van der Waals surface area contributed by atoms with Gasteiger partial charge in [0.25, 0.3) is 11.2 Å². The summed E-state index contributed by atoms with van der Waals surface area (Å²) >= 11 is 0. The maximum absolute atomic E-state index is 12.5. The van der Waals surface area contributed by atoms with E-state index in [0.717, 1.165) is 37.4 Å². The Morgan fingerprint density at radius 3 is 2.66 bits per heavy atom. The van der Waals surface area contributed by atoms with Gasteiger partial charge in [0.05, 0.1) is 15.8 Å². The molecule has 2 heterocycles. The molecule has 0 aliphatic carbocycles. The maximum atomic E-state index is 12.5. The number of H-pyrrole nitrogens is 1. The number of rotatable bonds is 5. The number of piperazine rings is 1. The van der Waals surface area contributed by atoms with Crippen molar-refractivity contribution in [1.82, 2.24) is 14.9 Å². The van der Waals surface area contributed by atoms with Crippen LogP contribution in [0.2, 0.25) is 0 Å². The monoisotopic (exact) mass is 393 g/mol. The Morgan fingerprint density at radius 2 is 1.90 bits per heavy atom. The lowest BCUT2D eigenvalue weighted by molar-refractivity contribution is -0.384. The summed E-state index contributed by atoms with van der Waals surface area (Å²) in [7, 11) is 2.12. The first-order chi connectivity index (χ1) is 14.0. The summed E-state index contributed by atoms with van der Waals surface area (Å²) in [5.74, 6) is 0.588. The molecule has 1 saturated heterocycles. The molecule has 0 atom stereocenters. The Bertz CT molecular complexity index is 1100. The molecule has 0 radical (unpaired) electrons. The minimum atomic E-state index is -0.403. The van der Waals surface area contributed by atoms with Crippen LogP contribution in [0.3, 0.4) is 0 Å². The van der Waals surface area contributed by atoms with Gasteiger partial charge in [-0.15, -0.1) is 0 Å². The Labute approximate surface area is 167 Å². The molecular weight excluding hydrogens is 370 g/mol. The normalized spacial score (nSPS) is 15.0. The van der Waals surface area contributed by atoms with E-state index < -0.39 is 4.92 Å². The fraction of sp³-hybridized carbons (Fsp3) is 0.333. The summed E-state index contributed by atoms with van der Waals surface area (Å²) in [5, 5.41) is 11.5. The third-order valence-electron chi connectivity index (χ3n) is 5.38. The van der Waals surface area contributed by atoms with E-state index in [1.807, 2.05) is 24.3 Å². The highest BCUT2D eigenvalue weighted by Gasteiger charge is 2.15. The number of hydrogen-bond acceptors (Lipinski definition) is 6. The molecule has 2 aromatic carbocycles. The SMILES string of the molecule is CN1CCN(c2ccc3c(=O)[nH]c(CCc4cccc([N+](=O)[O-])c4)nc3c2)CC1. The van der Waals surface area contributed by atoms with E-state index in [1.54, 1.807) is 12.1 Å². The van der Waals surface area contributed by atoms with Crippen LogP contribution in [0, 0.1) is 10.1 Å². The van der Waals surface area contributed by atoms with Crippen LogP contribution in [0.15, 0.2) is 47.3 Å². The zero-order valence-electron chi connectivity index (χ0n) is 16.3. The van der Waals surface area contributed by atoms with Crippen molar-refractivity contribution < 1.29 is 4.92 Å². The Balaban J connectivity index is 1.56. The highest BCUT2D eigenvalue weighted by Crippen LogP contribution is 2.21. The molecule has 150 valence electrons. The van der Waals surface area contributed by atoms with Gasteiger partial charge < -0.3 is 14.8 Å². The van der Waals surface area contributed by atoms with Gasteiger partial charge in [-0.2, -0.15) is 0 Å². The molecule has 1 aliphatic heterocycles. The number of fused-ring (bicyclic) bond motifs is 1. The number of aromatic nitrogens is 2. The first-order valence-electron chi connectivity index (χ1n) is 9.69. The standard InChI is InChI=1S/C21H23N5O3/c1-24-9-11-25(12-10-24)16-6-7-18-19(14-16)22-20(23-21(18)27)8-5-15-3-2-4-17(13-15)26(28)29/h2-4,6-7,13-14H,5,8-12H2,1H3,(H,22,23,27). The largest absolute Gasteiger partial charge is 0.369 e. The number of benzene rings is 2. The highest BCUT2D eigenvalue weighted by atomic mass is 16.6. The van der Waals surface area contributed by atoms with Crippen molar-refractivity contribution >= 4 is 22.3 Å². The van der Waals surface area contributed by atoms with Crippen molar-refractivity contribution in [2.75, 3.05) is 38.1 Å². The van der Waals surface area contributed by atoms with Crippen LogP contribution in [0.4, 0.5) is 11.4 Å². The lowest BCUT2D eigenvalue weighted by atomic mass is 10.1. The van der Waals surface area contributed by atoms with Crippen molar-refractivity contribution in [2.24, 2.45) is 0 Å². The number of likely N-dealkylation sites (N-methyl/N-ethyl adjacent to an activating group) is 1. The number of nitro groups is 1. The zero-order valence-corrected chi connectivity index (χ0v) is 16.3. The second-order valence-corrected chi connectivity index (χ2v) is 7.43. The van der Waals surface area contributed by atoms with Crippen LogP contribution < -0.4 is 10.5 Å². The topological polar surface area (TPSA) is 95.4 Å². The first kappa shape index (κ1) is 19.1. The molecule has 1 aliphatic rings. The van der Waals surface area contributed by atoms with Crippen LogP contribution in [0.5, 0.6) is 0 Å². The lowest BCUT2D eigenvalue weighted by Gasteiger charge is -2.34. The van der Waals surface area contributed by atoms with E-state index in [0.29, 0.717) is 29.6 Å². The Morgan fingerprint density at radius 1 is 1.10 bits per heavy atom. The third kappa shape index (κ3) is 4.27. The summed E-state index contributed by atoms with van der Waals surface area (Å²) in [6, 6.07) is 12.3. The number of aromatic amines is 1. The lowest BCUT2D eigenvalue weighted by Crippen LogP contribution is -2.44. The van der Waals surface area contributed by atoms with Crippen LogP contribution in [0.25, 0.3) is 10.9 Å². The number of aryl methyl sites for hydroxylation is 2.